The van der Waals surface area contributed by atoms with Gasteiger partial charge in [0.25, 0.3) is 0 Å². The highest BCUT2D eigenvalue weighted by Gasteiger charge is 2.15. The summed E-state index contributed by atoms with van der Waals surface area (Å²) in [5.74, 6) is 0.315. The number of hydrogen-bond acceptors (Lipinski definition) is 2. The van der Waals surface area contributed by atoms with Crippen LogP contribution in [0.25, 0.3) is 0 Å². The molecule has 0 aromatic heterocycles. The number of carbonyl (C=O) groups excluding carboxylic acids is 1. The molecule has 6 heteroatoms. The van der Waals surface area contributed by atoms with Crippen LogP contribution in [0.3, 0.4) is 0 Å². The third kappa shape index (κ3) is 5.42. The van der Waals surface area contributed by atoms with Crippen molar-refractivity contribution in [3.63, 3.8) is 0 Å². The fourth-order valence-corrected chi connectivity index (χ4v) is 1.79. The molecule has 0 saturated carbocycles. The van der Waals surface area contributed by atoms with E-state index in [2.05, 4.69) is 10.1 Å². The molecule has 0 aliphatic rings. The van der Waals surface area contributed by atoms with E-state index in [1.165, 1.54) is 6.07 Å². The van der Waals surface area contributed by atoms with E-state index in [9.17, 15) is 13.6 Å². The molecule has 0 spiro atoms. The van der Waals surface area contributed by atoms with Gasteiger partial charge in [-0.05, 0) is 19.4 Å². The van der Waals surface area contributed by atoms with Gasteiger partial charge in [0, 0.05) is 17.9 Å². The average molecular weight is 292 g/mol. The van der Waals surface area contributed by atoms with E-state index in [0.29, 0.717) is 24.3 Å². The van der Waals surface area contributed by atoms with Crippen molar-refractivity contribution >= 4 is 17.5 Å². The normalized spacial score (nSPS) is 12.3. The third-order valence-corrected chi connectivity index (χ3v) is 2.78. The molecule has 3 nitrogen and oxygen atoms in total. The molecule has 0 heterocycles. The second-order valence-electron chi connectivity index (χ2n) is 4.00. The van der Waals surface area contributed by atoms with Crippen LogP contribution in [0.2, 0.25) is 0 Å². The number of benzene rings is 1. The van der Waals surface area contributed by atoms with Gasteiger partial charge in [-0.2, -0.15) is 8.78 Å². The molecule has 0 aliphatic heterocycles. The third-order valence-electron chi connectivity index (χ3n) is 2.52. The maximum Gasteiger partial charge on any atom is 0.387 e. The van der Waals surface area contributed by atoms with Gasteiger partial charge in [-0.25, -0.2) is 0 Å². The van der Waals surface area contributed by atoms with Crippen molar-refractivity contribution in [2.45, 2.75) is 32.4 Å². The molecule has 106 valence electrons. The minimum atomic E-state index is -2.89. The number of para-hydroxylation sites is 1. The zero-order valence-electron chi connectivity index (χ0n) is 10.5. The molecule has 0 bridgehead atoms. The lowest BCUT2D eigenvalue weighted by molar-refractivity contribution is -0.121. The SMILES string of the molecule is CC(NC(=O)CCCCl)c1ccccc1OC(F)F. The Morgan fingerprint density at radius 1 is 1.42 bits per heavy atom. The van der Waals surface area contributed by atoms with E-state index in [-0.39, 0.29) is 11.7 Å². The summed E-state index contributed by atoms with van der Waals surface area (Å²) in [6, 6.07) is 5.99. The second kappa shape index (κ2) is 7.94. The van der Waals surface area contributed by atoms with E-state index >= 15 is 0 Å². The molecule has 0 radical (unpaired) electrons. The summed E-state index contributed by atoms with van der Waals surface area (Å²) in [5.41, 5.74) is 0.516. The van der Waals surface area contributed by atoms with Crippen LogP contribution in [0.4, 0.5) is 8.78 Å². The number of rotatable bonds is 7. The highest BCUT2D eigenvalue weighted by atomic mass is 35.5. The first-order valence-corrected chi connectivity index (χ1v) is 6.47. The summed E-state index contributed by atoms with van der Waals surface area (Å²) in [6.07, 6.45) is 0.890. The van der Waals surface area contributed by atoms with Crippen molar-refractivity contribution in [1.29, 1.82) is 0 Å². The summed E-state index contributed by atoms with van der Waals surface area (Å²) in [6.45, 7) is -1.17. The fraction of sp³-hybridized carbons (Fsp3) is 0.462. The molecular formula is C13H16ClF2NO2. The Labute approximate surface area is 115 Å². The first kappa shape index (κ1) is 15.7. The van der Waals surface area contributed by atoms with Crippen molar-refractivity contribution < 1.29 is 18.3 Å². The smallest absolute Gasteiger partial charge is 0.387 e. The van der Waals surface area contributed by atoms with Crippen LogP contribution in [0.15, 0.2) is 24.3 Å². The monoisotopic (exact) mass is 291 g/mol. The van der Waals surface area contributed by atoms with Gasteiger partial charge in [-0.15, -0.1) is 11.6 Å². The van der Waals surface area contributed by atoms with Crippen molar-refractivity contribution in [1.82, 2.24) is 5.32 Å². The number of nitrogens with one attached hydrogen (secondary N) is 1. The van der Waals surface area contributed by atoms with Crippen LogP contribution in [-0.4, -0.2) is 18.4 Å². The molecule has 1 atom stereocenters. The number of halogens is 3. The van der Waals surface area contributed by atoms with Crippen molar-refractivity contribution in [3.05, 3.63) is 29.8 Å². The zero-order valence-corrected chi connectivity index (χ0v) is 11.3. The molecule has 1 rings (SSSR count). The molecule has 1 unspecified atom stereocenters. The van der Waals surface area contributed by atoms with Crippen LogP contribution in [0.5, 0.6) is 5.75 Å². The van der Waals surface area contributed by atoms with Crippen molar-refractivity contribution in [2.24, 2.45) is 0 Å². The van der Waals surface area contributed by atoms with E-state index in [0.717, 1.165) is 0 Å². The molecule has 0 saturated heterocycles. The number of amides is 1. The van der Waals surface area contributed by atoms with Gasteiger partial charge >= 0.3 is 6.61 Å². The Morgan fingerprint density at radius 2 is 2.11 bits per heavy atom. The molecule has 1 amide bonds. The lowest BCUT2D eigenvalue weighted by Gasteiger charge is -2.18. The van der Waals surface area contributed by atoms with E-state index in [4.69, 9.17) is 11.6 Å². The summed E-state index contributed by atoms with van der Waals surface area (Å²) in [5, 5.41) is 2.72. The Bertz CT molecular complexity index is 415. The molecule has 1 aromatic rings. The summed E-state index contributed by atoms with van der Waals surface area (Å²) in [7, 11) is 0. The molecule has 1 N–H and O–H groups in total. The zero-order chi connectivity index (χ0) is 14.3. The average Bonchev–Trinajstić information content (AvgIpc) is 2.36. The Hall–Kier alpha value is -1.36. The van der Waals surface area contributed by atoms with Gasteiger partial charge < -0.3 is 10.1 Å². The Balaban J connectivity index is 2.70. The topological polar surface area (TPSA) is 38.3 Å². The molecule has 0 fully saturated rings. The lowest BCUT2D eigenvalue weighted by Crippen LogP contribution is -2.27. The van der Waals surface area contributed by atoms with Crippen LogP contribution >= 0.6 is 11.6 Å². The van der Waals surface area contributed by atoms with Crippen molar-refractivity contribution in [2.75, 3.05) is 5.88 Å². The Kier molecular flexibility index (Phi) is 6.56. The Morgan fingerprint density at radius 3 is 2.74 bits per heavy atom. The van der Waals surface area contributed by atoms with Gasteiger partial charge in [0.15, 0.2) is 0 Å². The lowest BCUT2D eigenvalue weighted by atomic mass is 10.1. The molecule has 1 aromatic carbocycles. The van der Waals surface area contributed by atoms with Gasteiger partial charge in [0.1, 0.15) is 5.75 Å². The molecule has 0 aliphatic carbocycles. The maximum absolute atomic E-state index is 12.3. The highest BCUT2D eigenvalue weighted by molar-refractivity contribution is 6.17. The largest absolute Gasteiger partial charge is 0.434 e. The first-order valence-electron chi connectivity index (χ1n) is 5.93. The molecule has 19 heavy (non-hydrogen) atoms. The van der Waals surface area contributed by atoms with Gasteiger partial charge in [-0.1, -0.05) is 18.2 Å². The predicted molar refractivity (Wildman–Crippen MR) is 69.6 cm³/mol. The second-order valence-corrected chi connectivity index (χ2v) is 4.38. The number of alkyl halides is 3. The quantitative estimate of drug-likeness (QED) is 0.781. The maximum atomic E-state index is 12.3. The van der Waals surface area contributed by atoms with Crippen molar-refractivity contribution in [3.8, 4) is 5.75 Å². The minimum absolute atomic E-state index is 0.0719. The van der Waals surface area contributed by atoms with E-state index < -0.39 is 12.7 Å². The standard InChI is InChI=1S/C13H16ClF2NO2/c1-9(17-12(18)7-4-8-14)10-5-2-3-6-11(10)19-13(15)16/h2-3,5-6,9,13H,4,7-8H2,1H3,(H,17,18). The van der Waals surface area contributed by atoms with Crippen LogP contribution in [0, 0.1) is 0 Å². The summed E-state index contributed by atoms with van der Waals surface area (Å²) >= 11 is 5.50. The molecular weight excluding hydrogens is 276 g/mol. The number of ether oxygens (including phenoxy) is 1. The fourth-order valence-electron chi connectivity index (χ4n) is 1.66. The first-order chi connectivity index (χ1) is 9.04. The van der Waals surface area contributed by atoms with Gasteiger partial charge in [0.2, 0.25) is 5.91 Å². The van der Waals surface area contributed by atoms with Gasteiger partial charge in [-0.3, -0.25) is 4.79 Å². The van der Waals surface area contributed by atoms with E-state index in [1.54, 1.807) is 25.1 Å². The minimum Gasteiger partial charge on any atom is -0.434 e. The van der Waals surface area contributed by atoms with Crippen LogP contribution < -0.4 is 10.1 Å². The van der Waals surface area contributed by atoms with Gasteiger partial charge in [0.05, 0.1) is 6.04 Å². The van der Waals surface area contributed by atoms with Crippen LogP contribution in [0.1, 0.15) is 31.4 Å². The summed E-state index contributed by atoms with van der Waals surface area (Å²) in [4.78, 5) is 11.6. The number of hydrogen-bond donors (Lipinski definition) is 1. The highest BCUT2D eigenvalue weighted by Crippen LogP contribution is 2.26. The predicted octanol–water partition coefficient (Wildman–Crippen LogP) is 3.48. The van der Waals surface area contributed by atoms with Crippen LogP contribution in [-0.2, 0) is 4.79 Å². The van der Waals surface area contributed by atoms with E-state index in [1.807, 2.05) is 0 Å². The number of carbonyl (C=O) groups is 1. The summed E-state index contributed by atoms with van der Waals surface area (Å²) < 4.78 is 29.0.